The highest BCUT2D eigenvalue weighted by Gasteiger charge is 2.16. The lowest BCUT2D eigenvalue weighted by molar-refractivity contribution is -0.142. The van der Waals surface area contributed by atoms with Crippen LogP contribution < -0.4 is 5.32 Å². The van der Waals surface area contributed by atoms with E-state index in [1.54, 1.807) is 24.6 Å². The molecule has 9 nitrogen and oxygen atoms in total. The van der Waals surface area contributed by atoms with Crippen molar-refractivity contribution in [2.24, 2.45) is 7.05 Å². The highest BCUT2D eigenvalue weighted by atomic mass is 32.2. The Labute approximate surface area is 171 Å². The maximum absolute atomic E-state index is 12.2. The zero-order valence-electron chi connectivity index (χ0n) is 16.3. The van der Waals surface area contributed by atoms with Crippen LogP contribution in [0.25, 0.3) is 11.3 Å². The van der Waals surface area contributed by atoms with Crippen molar-refractivity contribution in [2.45, 2.75) is 25.4 Å². The van der Waals surface area contributed by atoms with Crippen molar-refractivity contribution in [2.75, 3.05) is 17.7 Å². The first kappa shape index (κ1) is 20.6. The lowest BCUT2D eigenvalue weighted by Crippen LogP contribution is -2.14. The predicted molar refractivity (Wildman–Crippen MR) is 107 cm³/mol. The zero-order valence-corrected chi connectivity index (χ0v) is 17.2. The van der Waals surface area contributed by atoms with Crippen molar-refractivity contribution in [1.29, 1.82) is 0 Å². The topological polar surface area (TPSA) is 112 Å². The summed E-state index contributed by atoms with van der Waals surface area (Å²) in [6.45, 7) is 4.06. The van der Waals surface area contributed by atoms with Gasteiger partial charge in [0.2, 0.25) is 11.8 Å². The summed E-state index contributed by atoms with van der Waals surface area (Å²) >= 11 is 1.20. The summed E-state index contributed by atoms with van der Waals surface area (Å²) in [6, 6.07) is 9.52. The molecule has 0 unspecified atom stereocenters. The molecule has 29 heavy (non-hydrogen) atoms. The molecule has 0 atom stereocenters. The Balaban J connectivity index is 1.53. The third-order valence-electron chi connectivity index (χ3n) is 3.99. The average molecular weight is 415 g/mol. The number of carbonyl (C=O) groups is 2. The molecule has 10 heteroatoms. The molecular formula is C19H21N5O4S. The van der Waals surface area contributed by atoms with Crippen LogP contribution in [0, 0.1) is 6.92 Å². The van der Waals surface area contributed by atoms with Crippen LogP contribution in [0.15, 0.2) is 40.0 Å². The molecule has 3 aromatic rings. The normalized spacial score (nSPS) is 10.7. The number of hydrogen-bond acceptors (Lipinski definition) is 8. The van der Waals surface area contributed by atoms with Gasteiger partial charge in [0.05, 0.1) is 12.4 Å². The molecule has 0 saturated carbocycles. The van der Waals surface area contributed by atoms with E-state index in [4.69, 9.17) is 9.26 Å². The van der Waals surface area contributed by atoms with Crippen LogP contribution >= 0.6 is 11.8 Å². The highest BCUT2D eigenvalue weighted by molar-refractivity contribution is 7.99. The van der Waals surface area contributed by atoms with Gasteiger partial charge in [-0.2, -0.15) is 0 Å². The van der Waals surface area contributed by atoms with Gasteiger partial charge in [0.1, 0.15) is 17.9 Å². The first-order chi connectivity index (χ1) is 14.0. The molecule has 0 bridgehead atoms. The number of amides is 1. The summed E-state index contributed by atoms with van der Waals surface area (Å²) in [5.74, 6) is 0.214. The largest absolute Gasteiger partial charge is 0.466 e. The van der Waals surface area contributed by atoms with Crippen molar-refractivity contribution in [3.05, 3.63) is 41.7 Å². The third kappa shape index (κ3) is 5.44. The molecule has 3 rings (SSSR count). The monoisotopic (exact) mass is 415 g/mol. The molecule has 0 saturated heterocycles. The Morgan fingerprint density at radius 2 is 2.00 bits per heavy atom. The van der Waals surface area contributed by atoms with Crippen LogP contribution in [0.3, 0.4) is 0 Å². The van der Waals surface area contributed by atoms with Gasteiger partial charge in [0, 0.05) is 18.7 Å². The quantitative estimate of drug-likeness (QED) is 0.441. The second kappa shape index (κ2) is 9.37. The summed E-state index contributed by atoms with van der Waals surface area (Å²) in [7, 11) is 1.74. The van der Waals surface area contributed by atoms with E-state index in [9.17, 15) is 9.59 Å². The van der Waals surface area contributed by atoms with Gasteiger partial charge in [0.25, 0.3) is 0 Å². The van der Waals surface area contributed by atoms with Crippen molar-refractivity contribution < 1.29 is 18.8 Å². The van der Waals surface area contributed by atoms with Crippen molar-refractivity contribution in [1.82, 2.24) is 19.9 Å². The van der Waals surface area contributed by atoms with Gasteiger partial charge in [-0.25, -0.2) is 0 Å². The van der Waals surface area contributed by atoms with E-state index in [0.717, 1.165) is 11.1 Å². The number of esters is 1. The van der Waals surface area contributed by atoms with E-state index in [1.165, 1.54) is 11.8 Å². The number of hydrogen-bond donors (Lipinski definition) is 1. The highest BCUT2D eigenvalue weighted by Crippen LogP contribution is 2.22. The van der Waals surface area contributed by atoms with Crippen LogP contribution in [-0.4, -0.2) is 44.2 Å². The average Bonchev–Trinajstić information content (AvgIpc) is 3.28. The molecule has 152 valence electrons. The molecule has 0 aliphatic heterocycles. The SMILES string of the molecule is CCOC(=O)Cc1nnc(SCC(=O)Nc2cc(-c3ccc(C)cc3)no2)n1C. The second-order valence-electron chi connectivity index (χ2n) is 6.22. The lowest BCUT2D eigenvalue weighted by atomic mass is 10.1. The maximum atomic E-state index is 12.2. The van der Waals surface area contributed by atoms with Crippen molar-refractivity contribution in [3.8, 4) is 11.3 Å². The van der Waals surface area contributed by atoms with Gasteiger partial charge in [-0.05, 0) is 13.8 Å². The summed E-state index contributed by atoms with van der Waals surface area (Å²) < 4.78 is 11.8. The van der Waals surface area contributed by atoms with E-state index >= 15 is 0 Å². The lowest BCUT2D eigenvalue weighted by Gasteiger charge is -2.04. The number of nitrogens with zero attached hydrogens (tertiary/aromatic N) is 4. The summed E-state index contributed by atoms with van der Waals surface area (Å²) in [5.41, 5.74) is 2.70. The van der Waals surface area contributed by atoms with Gasteiger partial charge in [-0.1, -0.05) is 46.7 Å². The van der Waals surface area contributed by atoms with E-state index in [1.807, 2.05) is 31.2 Å². The van der Waals surface area contributed by atoms with Crippen LogP contribution in [0.1, 0.15) is 18.3 Å². The number of anilines is 1. The Hall–Kier alpha value is -3.14. The number of carbonyl (C=O) groups excluding carboxylic acids is 2. The maximum Gasteiger partial charge on any atom is 0.313 e. The number of thioether (sulfide) groups is 1. The van der Waals surface area contributed by atoms with E-state index in [-0.39, 0.29) is 29.9 Å². The number of nitrogens with one attached hydrogen (secondary N) is 1. The summed E-state index contributed by atoms with van der Waals surface area (Å²) in [6.07, 6.45) is 0.0317. The smallest absolute Gasteiger partial charge is 0.313 e. The predicted octanol–water partition coefficient (Wildman–Crippen LogP) is 2.61. The molecular weight excluding hydrogens is 394 g/mol. The molecule has 1 amide bonds. The third-order valence-corrected chi connectivity index (χ3v) is 5.01. The van der Waals surface area contributed by atoms with Gasteiger partial charge < -0.3 is 13.8 Å². The summed E-state index contributed by atoms with van der Waals surface area (Å²) in [5, 5.41) is 15.2. The summed E-state index contributed by atoms with van der Waals surface area (Å²) in [4.78, 5) is 23.8. The van der Waals surface area contributed by atoms with Crippen LogP contribution in [-0.2, 0) is 27.8 Å². The van der Waals surface area contributed by atoms with E-state index in [0.29, 0.717) is 23.3 Å². The minimum atomic E-state index is -0.369. The Bertz CT molecular complexity index is 996. The first-order valence-corrected chi connectivity index (χ1v) is 9.95. The molecule has 1 N–H and O–H groups in total. The van der Waals surface area contributed by atoms with Crippen molar-refractivity contribution in [3.63, 3.8) is 0 Å². The molecule has 0 aliphatic carbocycles. The fraction of sp³-hybridized carbons (Fsp3) is 0.316. The Kier molecular flexibility index (Phi) is 6.65. The molecule has 2 heterocycles. The standard InChI is InChI=1S/C19H21N5O4S/c1-4-27-18(26)10-15-21-22-19(24(15)3)29-11-16(25)20-17-9-14(23-28-17)13-7-5-12(2)6-8-13/h5-9H,4,10-11H2,1-3H3,(H,20,25). The molecule has 0 radical (unpaired) electrons. The number of rotatable bonds is 8. The van der Waals surface area contributed by atoms with Gasteiger partial charge in [-0.3, -0.25) is 14.9 Å². The second-order valence-corrected chi connectivity index (χ2v) is 7.16. The van der Waals surface area contributed by atoms with Crippen LogP contribution in [0.4, 0.5) is 5.88 Å². The van der Waals surface area contributed by atoms with Gasteiger partial charge >= 0.3 is 5.97 Å². The minimum absolute atomic E-state index is 0.0317. The Morgan fingerprint density at radius 1 is 1.24 bits per heavy atom. The first-order valence-electron chi connectivity index (χ1n) is 8.96. The van der Waals surface area contributed by atoms with Crippen molar-refractivity contribution >= 4 is 29.5 Å². The molecule has 0 aliphatic rings. The van der Waals surface area contributed by atoms with E-state index in [2.05, 4.69) is 20.7 Å². The number of aromatic nitrogens is 4. The van der Waals surface area contributed by atoms with E-state index < -0.39 is 0 Å². The zero-order chi connectivity index (χ0) is 20.8. The van der Waals surface area contributed by atoms with Crippen LogP contribution in [0.2, 0.25) is 0 Å². The molecule has 1 aromatic carbocycles. The molecule has 2 aromatic heterocycles. The van der Waals surface area contributed by atoms with Gasteiger partial charge in [0.15, 0.2) is 5.16 Å². The number of ether oxygens (including phenoxy) is 1. The minimum Gasteiger partial charge on any atom is -0.466 e. The molecule has 0 spiro atoms. The Morgan fingerprint density at radius 3 is 2.72 bits per heavy atom. The molecule has 0 fully saturated rings. The fourth-order valence-electron chi connectivity index (χ4n) is 2.46. The number of aryl methyl sites for hydroxylation is 1. The fourth-order valence-corrected chi connectivity index (χ4v) is 3.19. The van der Waals surface area contributed by atoms with Gasteiger partial charge in [-0.15, -0.1) is 10.2 Å². The number of benzene rings is 1. The van der Waals surface area contributed by atoms with Crippen LogP contribution in [0.5, 0.6) is 0 Å².